The van der Waals surface area contributed by atoms with Gasteiger partial charge in [-0.1, -0.05) is 12.1 Å². The van der Waals surface area contributed by atoms with Gasteiger partial charge in [-0.25, -0.2) is 4.39 Å². The largest absolute Gasteiger partial charge is 0.487 e. The van der Waals surface area contributed by atoms with Crippen molar-refractivity contribution in [3.05, 3.63) is 35.6 Å². The third-order valence-corrected chi connectivity index (χ3v) is 3.38. The molecule has 0 atom stereocenters. The summed E-state index contributed by atoms with van der Waals surface area (Å²) in [5.74, 6) is 0.813. The van der Waals surface area contributed by atoms with E-state index in [0.29, 0.717) is 24.7 Å². The quantitative estimate of drug-likeness (QED) is 0.854. The molecule has 2 aromatic rings. The summed E-state index contributed by atoms with van der Waals surface area (Å²) in [5.41, 5.74) is 6.79. The molecule has 4 nitrogen and oxygen atoms in total. The number of benzene rings is 1. The molecule has 19 heavy (non-hydrogen) atoms. The first-order valence-corrected chi connectivity index (χ1v) is 6.84. The Kier molecular flexibility index (Phi) is 4.57. The van der Waals surface area contributed by atoms with E-state index in [-0.39, 0.29) is 5.82 Å². The first-order valence-electron chi connectivity index (χ1n) is 6.07. The van der Waals surface area contributed by atoms with Crippen molar-refractivity contribution in [3.63, 3.8) is 0 Å². The Hall–Kier alpha value is -1.82. The van der Waals surface area contributed by atoms with Crippen molar-refractivity contribution in [3.8, 4) is 5.75 Å². The Morgan fingerprint density at radius 2 is 2.11 bits per heavy atom. The van der Waals surface area contributed by atoms with Gasteiger partial charge < -0.3 is 15.8 Å². The van der Waals surface area contributed by atoms with Gasteiger partial charge in [0.05, 0.1) is 6.61 Å². The lowest BCUT2D eigenvalue weighted by molar-refractivity contribution is 0.344. The van der Waals surface area contributed by atoms with Gasteiger partial charge in [0.2, 0.25) is 0 Å². The molecule has 0 aliphatic rings. The second-order valence-electron chi connectivity index (χ2n) is 3.96. The third kappa shape index (κ3) is 3.57. The summed E-state index contributed by atoms with van der Waals surface area (Å²) < 4.78 is 22.3. The lowest BCUT2D eigenvalue weighted by Crippen LogP contribution is -2.05. The average Bonchev–Trinajstić information content (AvgIpc) is 2.74. The number of ether oxygens (including phenoxy) is 1. The van der Waals surface area contributed by atoms with Crippen LogP contribution in [0.3, 0.4) is 0 Å². The molecule has 6 heteroatoms. The van der Waals surface area contributed by atoms with E-state index in [1.165, 1.54) is 23.7 Å². The fraction of sp³-hybridized carbons (Fsp3) is 0.308. The van der Waals surface area contributed by atoms with Crippen LogP contribution >= 0.6 is 11.5 Å². The maximum atomic E-state index is 12.8. The highest BCUT2D eigenvalue weighted by atomic mass is 32.1. The second kappa shape index (κ2) is 6.38. The van der Waals surface area contributed by atoms with Gasteiger partial charge in [-0.15, -0.1) is 0 Å². The molecule has 0 amide bonds. The number of hydrogen-bond donors (Lipinski definition) is 2. The van der Waals surface area contributed by atoms with Crippen LogP contribution in [-0.4, -0.2) is 17.5 Å². The average molecular weight is 281 g/mol. The molecule has 0 aliphatic carbocycles. The molecule has 0 unspecified atom stereocenters. The van der Waals surface area contributed by atoms with Gasteiger partial charge >= 0.3 is 0 Å². The maximum Gasteiger partial charge on any atom is 0.197 e. The van der Waals surface area contributed by atoms with Crippen molar-refractivity contribution in [1.29, 1.82) is 0 Å². The highest BCUT2D eigenvalue weighted by molar-refractivity contribution is 7.11. The topological polar surface area (TPSA) is 60.2 Å². The Labute approximate surface area is 115 Å². The molecule has 1 heterocycles. The van der Waals surface area contributed by atoms with Crippen LogP contribution < -0.4 is 15.8 Å². The van der Waals surface area contributed by atoms with E-state index in [2.05, 4.69) is 9.69 Å². The van der Waals surface area contributed by atoms with Crippen LogP contribution in [0.4, 0.5) is 15.2 Å². The second-order valence-corrected chi connectivity index (χ2v) is 4.74. The summed E-state index contributed by atoms with van der Waals surface area (Å²) in [4.78, 5) is 0. The van der Waals surface area contributed by atoms with E-state index in [0.717, 1.165) is 17.0 Å². The fourth-order valence-electron chi connectivity index (χ4n) is 1.66. The zero-order valence-electron chi connectivity index (χ0n) is 10.6. The first-order chi connectivity index (χ1) is 9.20. The normalized spacial score (nSPS) is 10.4. The first kappa shape index (κ1) is 13.6. The number of nitrogens with zero attached hydrogens (tertiary/aromatic N) is 1. The number of hydrogen-bond acceptors (Lipinski definition) is 5. The van der Waals surface area contributed by atoms with Gasteiger partial charge in [0.15, 0.2) is 16.6 Å². The summed E-state index contributed by atoms with van der Waals surface area (Å²) in [5, 5.41) is 4.07. The van der Waals surface area contributed by atoms with Crippen molar-refractivity contribution in [2.45, 2.75) is 13.3 Å². The van der Waals surface area contributed by atoms with Crippen LogP contribution in [0.1, 0.15) is 12.5 Å². The highest BCUT2D eigenvalue weighted by Gasteiger charge is 2.11. The Bertz CT molecular complexity index is 527. The fourth-order valence-corrected chi connectivity index (χ4v) is 2.35. The highest BCUT2D eigenvalue weighted by Crippen LogP contribution is 2.34. The number of rotatable bonds is 6. The number of aromatic nitrogens is 1. The van der Waals surface area contributed by atoms with Crippen LogP contribution in [0, 0.1) is 5.82 Å². The van der Waals surface area contributed by atoms with Crippen molar-refractivity contribution < 1.29 is 9.13 Å². The van der Waals surface area contributed by atoms with E-state index < -0.39 is 0 Å². The summed E-state index contributed by atoms with van der Waals surface area (Å²) in [6.45, 7) is 3.17. The minimum absolute atomic E-state index is 0.217. The van der Waals surface area contributed by atoms with Crippen LogP contribution in [-0.2, 0) is 6.42 Å². The summed E-state index contributed by atoms with van der Waals surface area (Å²) in [6.07, 6.45) is 0.795. The van der Waals surface area contributed by atoms with Gasteiger partial charge in [0.1, 0.15) is 5.82 Å². The van der Waals surface area contributed by atoms with Crippen molar-refractivity contribution in [2.24, 2.45) is 0 Å². The van der Waals surface area contributed by atoms with E-state index in [1.807, 2.05) is 6.92 Å². The van der Waals surface area contributed by atoms with Crippen LogP contribution in [0.25, 0.3) is 0 Å². The summed E-state index contributed by atoms with van der Waals surface area (Å²) in [7, 11) is 0. The standard InChI is InChI=1S/C13H16FN3OS/c1-2-18-11-12(15)17-19-13(11)16-8-7-9-3-5-10(14)6-4-9/h3-6,16H,2,7-8H2,1H3,(H2,15,17). The SMILES string of the molecule is CCOc1c(N)nsc1NCCc1ccc(F)cc1. The lowest BCUT2D eigenvalue weighted by atomic mass is 10.1. The molecule has 0 fully saturated rings. The predicted octanol–water partition coefficient (Wildman–Crippen LogP) is 2.92. The molecule has 0 bridgehead atoms. The molecule has 0 aliphatic heterocycles. The van der Waals surface area contributed by atoms with E-state index in [4.69, 9.17) is 10.5 Å². The molecule has 0 saturated carbocycles. The van der Waals surface area contributed by atoms with Crippen LogP contribution in [0.2, 0.25) is 0 Å². The molecular formula is C13H16FN3OS. The molecule has 1 aromatic heterocycles. The van der Waals surface area contributed by atoms with E-state index in [9.17, 15) is 4.39 Å². The van der Waals surface area contributed by atoms with Gasteiger partial charge in [-0.3, -0.25) is 0 Å². The van der Waals surface area contributed by atoms with Crippen molar-refractivity contribution in [1.82, 2.24) is 4.37 Å². The number of nitrogens with two attached hydrogens (primary N) is 1. The summed E-state index contributed by atoms with van der Waals surface area (Å²) >= 11 is 1.28. The molecule has 1 aromatic carbocycles. The Morgan fingerprint density at radius 3 is 2.79 bits per heavy atom. The monoisotopic (exact) mass is 281 g/mol. The number of nitrogen functional groups attached to an aromatic ring is 1. The van der Waals surface area contributed by atoms with E-state index in [1.54, 1.807) is 12.1 Å². The summed E-state index contributed by atoms with van der Waals surface area (Å²) in [6, 6.07) is 6.49. The molecular weight excluding hydrogens is 265 g/mol. The van der Waals surface area contributed by atoms with Gasteiger partial charge in [0, 0.05) is 6.54 Å². The number of anilines is 2. The minimum Gasteiger partial charge on any atom is -0.487 e. The minimum atomic E-state index is -0.217. The lowest BCUT2D eigenvalue weighted by Gasteiger charge is -2.07. The van der Waals surface area contributed by atoms with Gasteiger partial charge in [-0.2, -0.15) is 4.37 Å². The van der Waals surface area contributed by atoms with Gasteiger partial charge in [0.25, 0.3) is 0 Å². The Balaban J connectivity index is 1.90. The smallest absolute Gasteiger partial charge is 0.197 e. The third-order valence-electron chi connectivity index (χ3n) is 2.58. The maximum absolute atomic E-state index is 12.8. The number of halogens is 1. The van der Waals surface area contributed by atoms with Crippen LogP contribution in [0.5, 0.6) is 5.75 Å². The van der Waals surface area contributed by atoms with Crippen LogP contribution in [0.15, 0.2) is 24.3 Å². The number of nitrogens with one attached hydrogen (secondary N) is 1. The molecule has 0 spiro atoms. The molecule has 3 N–H and O–H groups in total. The Morgan fingerprint density at radius 1 is 1.37 bits per heavy atom. The van der Waals surface area contributed by atoms with Gasteiger partial charge in [-0.05, 0) is 42.6 Å². The van der Waals surface area contributed by atoms with Crippen molar-refractivity contribution >= 4 is 22.4 Å². The van der Waals surface area contributed by atoms with E-state index >= 15 is 0 Å². The molecule has 2 rings (SSSR count). The molecule has 0 radical (unpaired) electrons. The zero-order valence-corrected chi connectivity index (χ0v) is 11.5. The predicted molar refractivity (Wildman–Crippen MR) is 76.3 cm³/mol. The van der Waals surface area contributed by atoms with Crippen molar-refractivity contribution in [2.75, 3.05) is 24.2 Å². The molecule has 102 valence electrons. The molecule has 0 saturated heterocycles. The zero-order chi connectivity index (χ0) is 13.7.